The molecule has 0 bridgehead atoms. The molecule has 0 spiro atoms. The third-order valence-corrected chi connectivity index (χ3v) is 2.72. The third kappa shape index (κ3) is 7.94. The summed E-state index contributed by atoms with van der Waals surface area (Å²) in [5.41, 5.74) is 0. The largest absolute Gasteiger partial charge is 0.492 e. The van der Waals surface area contributed by atoms with Crippen LogP contribution in [0.1, 0.15) is 6.92 Å². The summed E-state index contributed by atoms with van der Waals surface area (Å²) < 4.78 is 5.55. The molecule has 1 aromatic rings. The van der Waals surface area contributed by atoms with E-state index in [2.05, 4.69) is 10.6 Å². The van der Waals surface area contributed by atoms with Crippen molar-refractivity contribution in [2.24, 2.45) is 0 Å². The lowest BCUT2D eigenvalue weighted by Crippen LogP contribution is -2.41. The Balaban J connectivity index is 2.13. The molecule has 0 aromatic heterocycles. The Kier molecular flexibility index (Phi) is 7.89. The summed E-state index contributed by atoms with van der Waals surface area (Å²) >= 11 is 0. The molecule has 0 unspecified atom stereocenters. The van der Waals surface area contributed by atoms with Crippen molar-refractivity contribution in [1.82, 2.24) is 15.5 Å². The fraction of sp³-hybridized carbons (Fsp3) is 0.467. The molecule has 6 nitrogen and oxygen atoms in total. The second-order valence-corrected chi connectivity index (χ2v) is 4.63. The molecule has 0 saturated carbocycles. The molecule has 0 radical (unpaired) electrons. The highest BCUT2D eigenvalue weighted by molar-refractivity contribution is 5.85. The lowest BCUT2D eigenvalue weighted by molar-refractivity contribution is -0.126. The normalized spacial score (nSPS) is 10.2. The number of para-hydroxylation sites is 1. The maximum Gasteiger partial charge on any atom is 0.239 e. The Morgan fingerprint density at radius 1 is 1.14 bits per heavy atom. The number of rotatable bonds is 9. The van der Waals surface area contributed by atoms with E-state index < -0.39 is 0 Å². The summed E-state index contributed by atoms with van der Waals surface area (Å²) in [7, 11) is 1.83. The molecular weight excluding hydrogens is 270 g/mol. The number of amides is 2. The maximum atomic E-state index is 11.6. The SMILES string of the molecule is CCNC(=O)CNC(=O)CN(C)CCOc1ccccc1. The number of hydrogen-bond donors (Lipinski definition) is 2. The number of likely N-dealkylation sites (N-methyl/N-ethyl adjacent to an activating group) is 2. The van der Waals surface area contributed by atoms with Gasteiger partial charge in [-0.15, -0.1) is 0 Å². The molecule has 1 rings (SSSR count). The highest BCUT2D eigenvalue weighted by Crippen LogP contribution is 2.07. The van der Waals surface area contributed by atoms with Crippen molar-refractivity contribution >= 4 is 11.8 Å². The number of carbonyl (C=O) groups excluding carboxylic acids is 2. The van der Waals surface area contributed by atoms with E-state index in [1.54, 1.807) is 0 Å². The van der Waals surface area contributed by atoms with Crippen molar-refractivity contribution in [3.8, 4) is 5.75 Å². The minimum Gasteiger partial charge on any atom is -0.492 e. The minimum absolute atomic E-state index is 0.0149. The number of nitrogens with zero attached hydrogens (tertiary/aromatic N) is 1. The van der Waals surface area contributed by atoms with Crippen LogP contribution in [0.2, 0.25) is 0 Å². The van der Waals surface area contributed by atoms with Crippen LogP contribution in [0.15, 0.2) is 30.3 Å². The van der Waals surface area contributed by atoms with Gasteiger partial charge in [-0.25, -0.2) is 0 Å². The van der Waals surface area contributed by atoms with E-state index in [1.807, 2.05) is 49.2 Å². The summed E-state index contributed by atoms with van der Waals surface area (Å²) in [5.74, 6) is 0.455. The Morgan fingerprint density at radius 3 is 2.52 bits per heavy atom. The zero-order valence-corrected chi connectivity index (χ0v) is 12.6. The van der Waals surface area contributed by atoms with E-state index >= 15 is 0 Å². The van der Waals surface area contributed by atoms with Crippen LogP contribution in [-0.2, 0) is 9.59 Å². The van der Waals surface area contributed by atoms with Crippen molar-refractivity contribution in [2.75, 3.05) is 39.8 Å². The summed E-state index contributed by atoms with van der Waals surface area (Å²) in [6.07, 6.45) is 0. The Labute approximate surface area is 125 Å². The van der Waals surface area contributed by atoms with Gasteiger partial charge in [0.25, 0.3) is 0 Å². The minimum atomic E-state index is -0.180. The zero-order valence-electron chi connectivity index (χ0n) is 12.6. The van der Waals surface area contributed by atoms with E-state index in [4.69, 9.17) is 4.74 Å². The Bertz CT molecular complexity index is 437. The van der Waals surface area contributed by atoms with Gasteiger partial charge in [0.05, 0.1) is 13.1 Å². The van der Waals surface area contributed by atoms with Gasteiger partial charge in [-0.05, 0) is 26.1 Å². The average Bonchev–Trinajstić information content (AvgIpc) is 2.46. The molecule has 0 aliphatic carbocycles. The van der Waals surface area contributed by atoms with Gasteiger partial charge in [0.2, 0.25) is 11.8 Å². The van der Waals surface area contributed by atoms with Crippen LogP contribution >= 0.6 is 0 Å². The van der Waals surface area contributed by atoms with Gasteiger partial charge >= 0.3 is 0 Å². The van der Waals surface area contributed by atoms with Crippen molar-refractivity contribution < 1.29 is 14.3 Å². The summed E-state index contributed by atoms with van der Waals surface area (Å²) in [4.78, 5) is 24.7. The van der Waals surface area contributed by atoms with Gasteiger partial charge in [0, 0.05) is 13.1 Å². The molecule has 1 aromatic carbocycles. The highest BCUT2D eigenvalue weighted by Gasteiger charge is 2.08. The lowest BCUT2D eigenvalue weighted by atomic mass is 10.3. The molecular formula is C15H23N3O3. The zero-order chi connectivity index (χ0) is 15.5. The highest BCUT2D eigenvalue weighted by atomic mass is 16.5. The fourth-order valence-electron chi connectivity index (χ4n) is 1.65. The quantitative estimate of drug-likeness (QED) is 0.685. The first-order valence-electron chi connectivity index (χ1n) is 7.01. The van der Waals surface area contributed by atoms with E-state index in [0.29, 0.717) is 19.7 Å². The number of ether oxygens (including phenoxy) is 1. The second kappa shape index (κ2) is 9.77. The van der Waals surface area contributed by atoms with Gasteiger partial charge in [-0.3, -0.25) is 14.5 Å². The number of nitrogens with one attached hydrogen (secondary N) is 2. The van der Waals surface area contributed by atoms with Crippen molar-refractivity contribution in [3.05, 3.63) is 30.3 Å². The van der Waals surface area contributed by atoms with Gasteiger partial charge < -0.3 is 15.4 Å². The molecule has 0 atom stereocenters. The van der Waals surface area contributed by atoms with Crippen LogP contribution < -0.4 is 15.4 Å². The first kappa shape index (κ1) is 17.0. The first-order valence-corrected chi connectivity index (χ1v) is 7.01. The summed E-state index contributed by atoms with van der Waals surface area (Å²) in [6, 6.07) is 9.53. The topological polar surface area (TPSA) is 70.7 Å². The molecule has 2 amide bonds. The molecule has 0 saturated heterocycles. The van der Waals surface area contributed by atoms with Crippen molar-refractivity contribution in [1.29, 1.82) is 0 Å². The van der Waals surface area contributed by atoms with Crippen LogP contribution in [0.25, 0.3) is 0 Å². The number of benzene rings is 1. The van der Waals surface area contributed by atoms with Crippen molar-refractivity contribution in [2.45, 2.75) is 6.92 Å². The molecule has 0 fully saturated rings. The Hall–Kier alpha value is -2.08. The smallest absolute Gasteiger partial charge is 0.239 e. The fourth-order valence-corrected chi connectivity index (χ4v) is 1.65. The predicted molar refractivity (Wildman–Crippen MR) is 81.1 cm³/mol. The van der Waals surface area contributed by atoms with Crippen LogP contribution in [0.5, 0.6) is 5.75 Å². The molecule has 2 N–H and O–H groups in total. The molecule has 0 aliphatic rings. The second-order valence-electron chi connectivity index (χ2n) is 4.63. The van der Waals surface area contributed by atoms with Gasteiger partial charge in [-0.2, -0.15) is 0 Å². The van der Waals surface area contributed by atoms with Crippen molar-refractivity contribution in [3.63, 3.8) is 0 Å². The average molecular weight is 293 g/mol. The van der Waals surface area contributed by atoms with Gasteiger partial charge in [0.1, 0.15) is 12.4 Å². The number of hydrogen-bond acceptors (Lipinski definition) is 4. The number of carbonyl (C=O) groups is 2. The third-order valence-electron chi connectivity index (χ3n) is 2.72. The van der Waals surface area contributed by atoms with E-state index in [9.17, 15) is 9.59 Å². The van der Waals surface area contributed by atoms with E-state index in [-0.39, 0.29) is 24.9 Å². The van der Waals surface area contributed by atoms with Gasteiger partial charge in [-0.1, -0.05) is 18.2 Å². The molecule has 0 aliphatic heterocycles. The van der Waals surface area contributed by atoms with E-state index in [0.717, 1.165) is 5.75 Å². The monoisotopic (exact) mass is 293 g/mol. The molecule has 0 heterocycles. The summed E-state index contributed by atoms with van der Waals surface area (Å²) in [5, 5.41) is 5.19. The van der Waals surface area contributed by atoms with Crippen LogP contribution in [0.3, 0.4) is 0 Å². The van der Waals surface area contributed by atoms with Crippen LogP contribution in [-0.4, -0.2) is 56.5 Å². The Morgan fingerprint density at radius 2 is 1.86 bits per heavy atom. The standard InChI is InChI=1S/C15H23N3O3/c1-3-16-14(19)11-17-15(20)12-18(2)9-10-21-13-7-5-4-6-8-13/h4-8H,3,9-12H2,1-2H3,(H,16,19)(H,17,20). The maximum absolute atomic E-state index is 11.6. The van der Waals surface area contributed by atoms with Gasteiger partial charge in [0.15, 0.2) is 0 Å². The van der Waals surface area contributed by atoms with Crippen LogP contribution in [0, 0.1) is 0 Å². The summed E-state index contributed by atoms with van der Waals surface area (Å²) in [6.45, 7) is 3.78. The molecule has 6 heteroatoms. The van der Waals surface area contributed by atoms with E-state index in [1.165, 1.54) is 0 Å². The van der Waals surface area contributed by atoms with Crippen LogP contribution in [0.4, 0.5) is 0 Å². The molecule has 21 heavy (non-hydrogen) atoms. The predicted octanol–water partition coefficient (Wildman–Crippen LogP) is 0.250. The molecule has 116 valence electrons. The first-order chi connectivity index (χ1) is 10.1. The lowest BCUT2D eigenvalue weighted by Gasteiger charge is -2.16.